The smallest absolute Gasteiger partial charge is 0.254 e. The van der Waals surface area contributed by atoms with Gasteiger partial charge in [0.2, 0.25) is 5.95 Å². The number of nitrogens with one attached hydrogen (secondary N) is 1. The number of H-pyrrole nitrogens is 1. The largest absolute Gasteiger partial charge is 0.372 e. The van der Waals surface area contributed by atoms with E-state index in [-0.39, 0.29) is 17.8 Å². The molecule has 1 aromatic heterocycles. The topological polar surface area (TPSA) is 61.5 Å². The quantitative estimate of drug-likeness (QED) is 0.859. The lowest BCUT2D eigenvalue weighted by molar-refractivity contribution is -0.00547. The first-order valence-corrected chi connectivity index (χ1v) is 10.9. The molecule has 6 heteroatoms. The first kappa shape index (κ1) is 20.0. The Bertz CT molecular complexity index is 843. The van der Waals surface area contributed by atoms with E-state index in [9.17, 15) is 4.79 Å². The summed E-state index contributed by atoms with van der Waals surface area (Å²) >= 11 is 0. The standard InChI is InChI=1S/C23H32N4O2/c1-17-15-26(16-18(2)29-17)21-14-22(28)25-23(24-21)27-12-8-4-7-11-20(27)13-19-9-5-3-6-10-19/h3,5-6,9-10,14,17-18,20H,4,7-8,11-13,15-16H2,1-2H3,(H,24,25,28)/t17-,18-,20?/m1/s1. The number of aromatic amines is 1. The lowest BCUT2D eigenvalue weighted by Crippen LogP contribution is -2.46. The van der Waals surface area contributed by atoms with Crippen LogP contribution in [0.5, 0.6) is 0 Å². The Morgan fingerprint density at radius 2 is 1.86 bits per heavy atom. The molecule has 156 valence electrons. The summed E-state index contributed by atoms with van der Waals surface area (Å²) in [5.41, 5.74) is 1.25. The van der Waals surface area contributed by atoms with Crippen molar-refractivity contribution in [3.05, 3.63) is 52.3 Å². The Hall–Kier alpha value is -2.34. The highest BCUT2D eigenvalue weighted by Gasteiger charge is 2.27. The molecule has 0 saturated carbocycles. The van der Waals surface area contributed by atoms with Crippen molar-refractivity contribution in [1.29, 1.82) is 0 Å². The van der Waals surface area contributed by atoms with E-state index in [1.54, 1.807) is 6.07 Å². The fourth-order valence-electron chi connectivity index (χ4n) is 4.65. The molecule has 3 atom stereocenters. The van der Waals surface area contributed by atoms with Crippen LogP contribution in [0.1, 0.15) is 45.1 Å². The number of hydrogen-bond donors (Lipinski definition) is 1. The van der Waals surface area contributed by atoms with Crippen LogP contribution in [-0.4, -0.2) is 47.9 Å². The summed E-state index contributed by atoms with van der Waals surface area (Å²) in [6.45, 7) is 6.59. The van der Waals surface area contributed by atoms with Gasteiger partial charge in [-0.15, -0.1) is 0 Å². The molecule has 2 saturated heterocycles. The molecule has 2 fully saturated rings. The van der Waals surface area contributed by atoms with E-state index in [1.807, 2.05) is 0 Å². The second kappa shape index (κ2) is 8.99. The molecule has 2 aliphatic heterocycles. The third-order valence-electron chi connectivity index (χ3n) is 5.92. The van der Waals surface area contributed by atoms with E-state index in [4.69, 9.17) is 9.72 Å². The van der Waals surface area contributed by atoms with Crippen molar-refractivity contribution in [2.75, 3.05) is 29.4 Å². The predicted molar refractivity (Wildman–Crippen MR) is 117 cm³/mol. The maximum absolute atomic E-state index is 12.5. The first-order chi connectivity index (χ1) is 14.1. The number of benzene rings is 1. The van der Waals surface area contributed by atoms with Crippen LogP contribution in [0.25, 0.3) is 0 Å². The van der Waals surface area contributed by atoms with Crippen molar-refractivity contribution in [3.8, 4) is 0 Å². The van der Waals surface area contributed by atoms with Crippen molar-refractivity contribution in [2.45, 2.75) is 64.2 Å². The summed E-state index contributed by atoms with van der Waals surface area (Å²) in [4.78, 5) is 25.0. The van der Waals surface area contributed by atoms with Gasteiger partial charge < -0.3 is 14.5 Å². The molecule has 1 N–H and O–H groups in total. The molecular weight excluding hydrogens is 364 g/mol. The molecule has 0 amide bonds. The van der Waals surface area contributed by atoms with Crippen molar-refractivity contribution in [3.63, 3.8) is 0 Å². The van der Waals surface area contributed by atoms with Gasteiger partial charge in [0.25, 0.3) is 5.56 Å². The lowest BCUT2D eigenvalue weighted by atomic mass is 10.0. The van der Waals surface area contributed by atoms with E-state index in [0.717, 1.165) is 44.7 Å². The number of hydrogen-bond acceptors (Lipinski definition) is 5. The van der Waals surface area contributed by atoms with Crippen molar-refractivity contribution >= 4 is 11.8 Å². The number of nitrogens with zero attached hydrogens (tertiary/aromatic N) is 3. The van der Waals surface area contributed by atoms with Crippen LogP contribution in [0, 0.1) is 0 Å². The molecule has 0 bridgehead atoms. The summed E-state index contributed by atoms with van der Waals surface area (Å²) in [5, 5.41) is 0. The minimum Gasteiger partial charge on any atom is -0.372 e. The molecule has 1 unspecified atom stereocenters. The monoisotopic (exact) mass is 396 g/mol. The summed E-state index contributed by atoms with van der Waals surface area (Å²) in [6.07, 6.45) is 5.93. The number of rotatable bonds is 4. The predicted octanol–water partition coefficient (Wildman–Crippen LogP) is 3.38. The molecule has 1 aromatic carbocycles. The summed E-state index contributed by atoms with van der Waals surface area (Å²) < 4.78 is 5.85. The van der Waals surface area contributed by atoms with E-state index < -0.39 is 0 Å². The Morgan fingerprint density at radius 3 is 2.62 bits per heavy atom. The van der Waals surface area contributed by atoms with Gasteiger partial charge >= 0.3 is 0 Å². The van der Waals surface area contributed by atoms with E-state index in [1.165, 1.54) is 18.4 Å². The molecule has 3 heterocycles. The molecule has 0 radical (unpaired) electrons. The Kier molecular flexibility index (Phi) is 6.19. The second-order valence-corrected chi connectivity index (χ2v) is 8.48. The zero-order chi connectivity index (χ0) is 20.2. The zero-order valence-corrected chi connectivity index (χ0v) is 17.5. The summed E-state index contributed by atoms with van der Waals surface area (Å²) in [6, 6.07) is 12.6. The third-order valence-corrected chi connectivity index (χ3v) is 5.92. The van der Waals surface area contributed by atoms with Crippen molar-refractivity contribution < 1.29 is 4.74 Å². The third kappa shape index (κ3) is 4.99. The van der Waals surface area contributed by atoms with Gasteiger partial charge in [-0.3, -0.25) is 9.78 Å². The maximum atomic E-state index is 12.5. The Morgan fingerprint density at radius 1 is 1.10 bits per heavy atom. The van der Waals surface area contributed by atoms with E-state index in [0.29, 0.717) is 12.0 Å². The first-order valence-electron chi connectivity index (χ1n) is 10.9. The van der Waals surface area contributed by atoms with Gasteiger partial charge in [-0.25, -0.2) is 0 Å². The molecule has 0 spiro atoms. The molecule has 29 heavy (non-hydrogen) atoms. The van der Waals surface area contributed by atoms with Gasteiger partial charge in [-0.05, 0) is 38.7 Å². The molecule has 2 aliphatic rings. The van der Waals surface area contributed by atoms with Gasteiger partial charge in [0, 0.05) is 31.7 Å². The number of morpholine rings is 1. The SMILES string of the molecule is C[C@@H]1CN(c2cc(=O)[nH]c(N3CCCCCC3Cc3ccccc3)n2)C[C@@H](C)O1. The molecule has 2 aromatic rings. The lowest BCUT2D eigenvalue weighted by Gasteiger charge is -2.37. The van der Waals surface area contributed by atoms with Crippen LogP contribution >= 0.6 is 0 Å². The highest BCUT2D eigenvalue weighted by molar-refractivity contribution is 5.45. The zero-order valence-electron chi connectivity index (χ0n) is 17.5. The fourth-order valence-corrected chi connectivity index (χ4v) is 4.65. The van der Waals surface area contributed by atoms with Gasteiger partial charge in [-0.1, -0.05) is 43.2 Å². The minimum atomic E-state index is -0.0838. The molecular formula is C23H32N4O2. The Balaban J connectivity index is 1.62. The van der Waals surface area contributed by atoms with Gasteiger partial charge in [0.15, 0.2) is 0 Å². The highest BCUT2D eigenvalue weighted by atomic mass is 16.5. The number of anilines is 2. The van der Waals surface area contributed by atoms with Crippen LogP contribution in [-0.2, 0) is 11.2 Å². The normalized spacial score (nSPS) is 25.7. The van der Waals surface area contributed by atoms with Gasteiger partial charge in [-0.2, -0.15) is 4.98 Å². The van der Waals surface area contributed by atoms with Crippen LogP contribution in [0.2, 0.25) is 0 Å². The van der Waals surface area contributed by atoms with Crippen LogP contribution in [0.15, 0.2) is 41.2 Å². The maximum Gasteiger partial charge on any atom is 0.254 e. The van der Waals surface area contributed by atoms with Gasteiger partial charge in [0.05, 0.1) is 12.2 Å². The van der Waals surface area contributed by atoms with Crippen LogP contribution in [0.4, 0.5) is 11.8 Å². The fraction of sp³-hybridized carbons (Fsp3) is 0.565. The highest BCUT2D eigenvalue weighted by Crippen LogP contribution is 2.25. The van der Waals surface area contributed by atoms with Crippen molar-refractivity contribution in [1.82, 2.24) is 9.97 Å². The molecule has 0 aliphatic carbocycles. The average Bonchev–Trinajstić information content (AvgIpc) is 2.93. The van der Waals surface area contributed by atoms with E-state index >= 15 is 0 Å². The van der Waals surface area contributed by atoms with Gasteiger partial charge in [0.1, 0.15) is 5.82 Å². The summed E-state index contributed by atoms with van der Waals surface area (Å²) in [5.74, 6) is 1.47. The van der Waals surface area contributed by atoms with Crippen LogP contribution in [0.3, 0.4) is 0 Å². The number of ether oxygens (including phenoxy) is 1. The number of aromatic nitrogens is 2. The Labute approximate surface area is 172 Å². The van der Waals surface area contributed by atoms with Crippen LogP contribution < -0.4 is 15.4 Å². The summed E-state index contributed by atoms with van der Waals surface area (Å²) in [7, 11) is 0. The van der Waals surface area contributed by atoms with Crippen molar-refractivity contribution in [2.24, 2.45) is 0 Å². The second-order valence-electron chi connectivity index (χ2n) is 8.48. The average molecular weight is 397 g/mol. The minimum absolute atomic E-state index is 0.0838. The molecule has 6 nitrogen and oxygen atoms in total. The van der Waals surface area contributed by atoms with E-state index in [2.05, 4.69) is 59.0 Å². The molecule has 4 rings (SSSR count).